The van der Waals surface area contributed by atoms with E-state index in [1.54, 1.807) is 0 Å². The highest BCUT2D eigenvalue weighted by Gasteiger charge is 2.61. The molecule has 5 rings (SSSR count). The molecule has 3 unspecified atom stereocenters. The van der Waals surface area contributed by atoms with Crippen molar-refractivity contribution in [2.45, 2.75) is 18.4 Å². The fourth-order valence-corrected chi connectivity index (χ4v) is 4.81. The number of ether oxygens (including phenoxy) is 2. The third kappa shape index (κ3) is 1.30. The molecule has 1 fully saturated rings. The van der Waals surface area contributed by atoms with E-state index < -0.39 is 0 Å². The average Bonchev–Trinajstić information content (AvgIpc) is 2.61. The van der Waals surface area contributed by atoms with Crippen LogP contribution in [0.4, 0.5) is 0 Å². The second-order valence-corrected chi connectivity index (χ2v) is 6.51. The van der Waals surface area contributed by atoms with Crippen molar-refractivity contribution in [1.29, 1.82) is 0 Å². The maximum atomic E-state index is 6.50. The molecule has 0 bridgehead atoms. The first-order valence-corrected chi connectivity index (χ1v) is 8.01. The Balaban J connectivity index is 1.88. The molecule has 2 heteroatoms. The van der Waals surface area contributed by atoms with E-state index in [1.807, 2.05) is 12.5 Å². The number of rotatable bonds is 0. The van der Waals surface area contributed by atoms with E-state index in [0.717, 1.165) is 19.4 Å². The van der Waals surface area contributed by atoms with E-state index in [2.05, 4.69) is 54.6 Å². The van der Waals surface area contributed by atoms with Crippen LogP contribution in [0.5, 0.6) is 0 Å². The van der Waals surface area contributed by atoms with Crippen molar-refractivity contribution in [1.82, 2.24) is 0 Å². The van der Waals surface area contributed by atoms with Crippen LogP contribution in [0.2, 0.25) is 0 Å². The second-order valence-electron chi connectivity index (χ2n) is 6.51. The standard InChI is InChI=1S/C20H18O2/c1-2-7-18-15(6-1)16-14-21-13-8-17(16)19-9-3-4-11-20(18,19)22-12-5-10-19/h1-4,6-9,11,13-14,17H,5,10,12H2. The summed E-state index contributed by atoms with van der Waals surface area (Å²) in [6.07, 6.45) is 17.1. The Morgan fingerprint density at radius 3 is 3.00 bits per heavy atom. The van der Waals surface area contributed by atoms with Gasteiger partial charge in [-0.2, -0.15) is 0 Å². The number of hydrogen-bond acceptors (Lipinski definition) is 2. The zero-order valence-electron chi connectivity index (χ0n) is 12.4. The molecule has 3 atom stereocenters. The first-order chi connectivity index (χ1) is 10.9. The first-order valence-electron chi connectivity index (χ1n) is 8.01. The van der Waals surface area contributed by atoms with Crippen molar-refractivity contribution in [3.8, 4) is 0 Å². The molecule has 0 saturated carbocycles. The van der Waals surface area contributed by atoms with Gasteiger partial charge in [-0.05, 0) is 36.1 Å². The highest BCUT2D eigenvalue weighted by Crippen LogP contribution is 2.64. The minimum atomic E-state index is -0.347. The van der Waals surface area contributed by atoms with Crippen molar-refractivity contribution in [3.05, 3.63) is 78.3 Å². The van der Waals surface area contributed by atoms with Gasteiger partial charge in [0, 0.05) is 23.5 Å². The van der Waals surface area contributed by atoms with Gasteiger partial charge in [-0.3, -0.25) is 0 Å². The fourth-order valence-electron chi connectivity index (χ4n) is 4.81. The summed E-state index contributed by atoms with van der Waals surface area (Å²) in [4.78, 5) is 0. The van der Waals surface area contributed by atoms with Crippen molar-refractivity contribution in [3.63, 3.8) is 0 Å². The number of hydrogen-bond donors (Lipinski definition) is 0. The Morgan fingerprint density at radius 1 is 1.09 bits per heavy atom. The molecule has 1 saturated heterocycles. The van der Waals surface area contributed by atoms with Gasteiger partial charge in [0.25, 0.3) is 0 Å². The highest BCUT2D eigenvalue weighted by atomic mass is 16.5. The zero-order chi connectivity index (χ0) is 14.6. The van der Waals surface area contributed by atoms with Gasteiger partial charge in [-0.1, -0.05) is 42.5 Å². The van der Waals surface area contributed by atoms with Gasteiger partial charge in [0.15, 0.2) is 0 Å². The second kappa shape index (κ2) is 4.23. The molecule has 1 aromatic rings. The van der Waals surface area contributed by atoms with Gasteiger partial charge < -0.3 is 9.47 Å². The van der Waals surface area contributed by atoms with Crippen molar-refractivity contribution in [2.75, 3.05) is 6.61 Å². The van der Waals surface area contributed by atoms with Crippen LogP contribution < -0.4 is 0 Å². The average molecular weight is 290 g/mol. The van der Waals surface area contributed by atoms with Crippen LogP contribution in [0.3, 0.4) is 0 Å². The highest BCUT2D eigenvalue weighted by molar-refractivity contribution is 5.77. The fraction of sp³-hybridized carbons (Fsp3) is 0.300. The Hall–Kier alpha value is -2.06. The first kappa shape index (κ1) is 12.5. The van der Waals surface area contributed by atoms with E-state index in [4.69, 9.17) is 9.47 Å². The van der Waals surface area contributed by atoms with Gasteiger partial charge in [0.1, 0.15) is 5.60 Å². The zero-order valence-corrected chi connectivity index (χ0v) is 12.4. The minimum absolute atomic E-state index is 0.0412. The summed E-state index contributed by atoms with van der Waals surface area (Å²) in [6, 6.07) is 8.63. The van der Waals surface area contributed by atoms with Crippen LogP contribution in [-0.4, -0.2) is 6.61 Å². The maximum absolute atomic E-state index is 6.50. The van der Waals surface area contributed by atoms with Crippen LogP contribution in [0.15, 0.2) is 67.2 Å². The summed E-state index contributed by atoms with van der Waals surface area (Å²) in [5, 5.41) is 0. The topological polar surface area (TPSA) is 18.5 Å². The Labute approximate surface area is 130 Å². The predicted molar refractivity (Wildman–Crippen MR) is 85.7 cm³/mol. The summed E-state index contributed by atoms with van der Waals surface area (Å²) < 4.78 is 12.0. The molecule has 1 aromatic carbocycles. The SMILES string of the molecule is C1=CC23OCCCC2(C=C1)C1C=COC=C1c1ccccc13. The molecule has 2 heterocycles. The van der Waals surface area contributed by atoms with Crippen molar-refractivity contribution in [2.24, 2.45) is 11.3 Å². The van der Waals surface area contributed by atoms with Crippen LogP contribution in [0.25, 0.3) is 5.57 Å². The lowest BCUT2D eigenvalue weighted by Gasteiger charge is -2.59. The normalized spacial score (nSPS) is 37.3. The molecular formula is C20H18O2. The molecule has 4 aliphatic rings. The summed E-state index contributed by atoms with van der Waals surface area (Å²) in [5.74, 6) is 0.303. The third-order valence-corrected chi connectivity index (χ3v) is 5.66. The van der Waals surface area contributed by atoms with Gasteiger partial charge in [-0.25, -0.2) is 0 Å². The lowest BCUT2D eigenvalue weighted by molar-refractivity contribution is -0.139. The van der Waals surface area contributed by atoms with Gasteiger partial charge >= 0.3 is 0 Å². The number of allylic oxidation sites excluding steroid dienone is 4. The Bertz CT molecular complexity index is 755. The molecule has 0 spiro atoms. The van der Waals surface area contributed by atoms with Crippen LogP contribution in [-0.2, 0) is 15.1 Å². The van der Waals surface area contributed by atoms with E-state index in [0.29, 0.717) is 5.92 Å². The monoisotopic (exact) mass is 290 g/mol. The minimum Gasteiger partial charge on any atom is -0.473 e. The molecular weight excluding hydrogens is 272 g/mol. The third-order valence-electron chi connectivity index (χ3n) is 5.66. The molecule has 0 radical (unpaired) electrons. The summed E-state index contributed by atoms with van der Waals surface area (Å²) in [6.45, 7) is 0.820. The lowest BCUT2D eigenvalue weighted by Crippen LogP contribution is -2.56. The van der Waals surface area contributed by atoms with E-state index >= 15 is 0 Å². The van der Waals surface area contributed by atoms with Gasteiger partial charge in [0.05, 0.1) is 12.5 Å². The Kier molecular flexibility index (Phi) is 2.40. The summed E-state index contributed by atoms with van der Waals surface area (Å²) >= 11 is 0. The van der Waals surface area contributed by atoms with Gasteiger partial charge in [-0.15, -0.1) is 0 Å². The molecule has 2 nitrogen and oxygen atoms in total. The lowest BCUT2D eigenvalue weighted by atomic mass is 9.50. The molecule has 2 aliphatic carbocycles. The van der Waals surface area contributed by atoms with Crippen molar-refractivity contribution >= 4 is 5.57 Å². The van der Waals surface area contributed by atoms with Crippen LogP contribution >= 0.6 is 0 Å². The largest absolute Gasteiger partial charge is 0.473 e. The molecule has 2 aliphatic heterocycles. The molecule has 0 aromatic heterocycles. The van der Waals surface area contributed by atoms with Crippen LogP contribution in [0.1, 0.15) is 24.0 Å². The van der Waals surface area contributed by atoms with Crippen LogP contribution in [0, 0.1) is 11.3 Å². The molecule has 0 amide bonds. The summed E-state index contributed by atoms with van der Waals surface area (Å²) in [7, 11) is 0. The van der Waals surface area contributed by atoms with Crippen molar-refractivity contribution < 1.29 is 9.47 Å². The van der Waals surface area contributed by atoms with E-state index in [9.17, 15) is 0 Å². The molecule has 0 N–H and O–H groups in total. The quantitative estimate of drug-likeness (QED) is 0.708. The van der Waals surface area contributed by atoms with E-state index in [1.165, 1.54) is 16.7 Å². The predicted octanol–water partition coefficient (Wildman–Crippen LogP) is 4.32. The maximum Gasteiger partial charge on any atom is 0.122 e. The Morgan fingerprint density at radius 2 is 2.00 bits per heavy atom. The smallest absolute Gasteiger partial charge is 0.122 e. The molecule has 22 heavy (non-hydrogen) atoms. The van der Waals surface area contributed by atoms with E-state index in [-0.39, 0.29) is 11.0 Å². The molecule has 110 valence electrons. The summed E-state index contributed by atoms with van der Waals surface area (Å²) in [5.41, 5.74) is 3.42. The number of benzene rings is 1. The number of fused-ring (bicyclic) bond motifs is 3. The van der Waals surface area contributed by atoms with Gasteiger partial charge in [0.2, 0.25) is 0 Å².